The highest BCUT2D eigenvalue weighted by Gasteiger charge is 2.10. The maximum atomic E-state index is 13.4. The molecule has 0 unspecified atom stereocenters. The van der Waals surface area contributed by atoms with Gasteiger partial charge in [0, 0.05) is 22.2 Å². The second-order valence-corrected chi connectivity index (χ2v) is 4.46. The summed E-state index contributed by atoms with van der Waals surface area (Å²) in [6.45, 7) is 0.271. The Morgan fingerprint density at radius 3 is 2.29 bits per heavy atom. The predicted octanol–water partition coefficient (Wildman–Crippen LogP) is 4.26. The molecular formula is C13H10Cl2FN. The minimum Gasteiger partial charge on any atom is -0.326 e. The lowest BCUT2D eigenvalue weighted by Crippen LogP contribution is -1.97. The van der Waals surface area contributed by atoms with Gasteiger partial charge in [-0.2, -0.15) is 0 Å². The van der Waals surface area contributed by atoms with E-state index >= 15 is 0 Å². The van der Waals surface area contributed by atoms with Crippen molar-refractivity contribution in [3.8, 4) is 11.1 Å². The Balaban J connectivity index is 2.64. The summed E-state index contributed by atoms with van der Waals surface area (Å²) in [6.07, 6.45) is 0. The third-order valence-corrected chi connectivity index (χ3v) is 3.07. The standard InChI is InChI=1S/C13H10Cl2FN/c14-11-2-1-3-12(15)13(11)9-4-8(7-17)5-10(16)6-9/h1-6H,7,17H2. The third-order valence-electron chi connectivity index (χ3n) is 2.44. The van der Waals surface area contributed by atoms with Crippen LogP contribution in [0.2, 0.25) is 10.0 Å². The van der Waals surface area contributed by atoms with Gasteiger partial charge >= 0.3 is 0 Å². The first-order valence-electron chi connectivity index (χ1n) is 5.05. The zero-order chi connectivity index (χ0) is 12.4. The number of halogens is 3. The zero-order valence-electron chi connectivity index (χ0n) is 8.88. The molecule has 0 radical (unpaired) electrons. The molecule has 2 N–H and O–H groups in total. The summed E-state index contributed by atoms with van der Waals surface area (Å²) in [7, 11) is 0. The van der Waals surface area contributed by atoms with Crippen LogP contribution >= 0.6 is 23.2 Å². The van der Waals surface area contributed by atoms with E-state index in [1.54, 1.807) is 24.3 Å². The van der Waals surface area contributed by atoms with E-state index < -0.39 is 0 Å². The summed E-state index contributed by atoms with van der Waals surface area (Å²) in [5.74, 6) is -0.348. The predicted molar refractivity (Wildman–Crippen MR) is 69.7 cm³/mol. The van der Waals surface area contributed by atoms with E-state index in [1.807, 2.05) is 0 Å². The van der Waals surface area contributed by atoms with Gasteiger partial charge in [0.2, 0.25) is 0 Å². The van der Waals surface area contributed by atoms with Crippen molar-refractivity contribution in [1.82, 2.24) is 0 Å². The monoisotopic (exact) mass is 269 g/mol. The van der Waals surface area contributed by atoms with Crippen LogP contribution in [-0.2, 0) is 6.54 Å². The van der Waals surface area contributed by atoms with Gasteiger partial charge in [0.25, 0.3) is 0 Å². The lowest BCUT2D eigenvalue weighted by Gasteiger charge is -2.09. The molecule has 2 rings (SSSR count). The molecule has 0 aliphatic carbocycles. The molecule has 0 bridgehead atoms. The van der Waals surface area contributed by atoms with E-state index in [0.29, 0.717) is 26.7 Å². The van der Waals surface area contributed by atoms with Crippen LogP contribution in [0, 0.1) is 5.82 Å². The minimum atomic E-state index is -0.348. The molecule has 0 amide bonds. The van der Waals surface area contributed by atoms with Crippen LogP contribution in [0.15, 0.2) is 36.4 Å². The summed E-state index contributed by atoms with van der Waals surface area (Å²) in [5.41, 5.74) is 7.48. The van der Waals surface area contributed by atoms with Crippen molar-refractivity contribution in [3.05, 3.63) is 57.8 Å². The van der Waals surface area contributed by atoms with Crippen molar-refractivity contribution in [1.29, 1.82) is 0 Å². The molecule has 0 fully saturated rings. The van der Waals surface area contributed by atoms with Gasteiger partial charge in [-0.1, -0.05) is 29.3 Å². The molecule has 0 aliphatic heterocycles. The summed E-state index contributed by atoms with van der Waals surface area (Å²) in [4.78, 5) is 0. The topological polar surface area (TPSA) is 26.0 Å². The second kappa shape index (κ2) is 5.05. The van der Waals surface area contributed by atoms with Crippen LogP contribution in [0.25, 0.3) is 11.1 Å². The zero-order valence-corrected chi connectivity index (χ0v) is 10.4. The van der Waals surface area contributed by atoms with Crippen molar-refractivity contribution in [2.75, 3.05) is 0 Å². The maximum absolute atomic E-state index is 13.4. The van der Waals surface area contributed by atoms with Gasteiger partial charge in [-0.3, -0.25) is 0 Å². The third kappa shape index (κ3) is 2.60. The molecular weight excluding hydrogens is 260 g/mol. The molecule has 0 saturated carbocycles. The summed E-state index contributed by atoms with van der Waals surface area (Å²) in [5, 5.41) is 0.983. The molecule has 0 atom stereocenters. The average molecular weight is 270 g/mol. The Bertz CT molecular complexity index is 535. The molecule has 4 heteroatoms. The van der Waals surface area contributed by atoms with Gasteiger partial charge in [-0.15, -0.1) is 0 Å². The largest absolute Gasteiger partial charge is 0.326 e. The highest BCUT2D eigenvalue weighted by atomic mass is 35.5. The van der Waals surface area contributed by atoms with Crippen molar-refractivity contribution in [2.24, 2.45) is 5.73 Å². The smallest absolute Gasteiger partial charge is 0.124 e. The first kappa shape index (κ1) is 12.4. The van der Waals surface area contributed by atoms with E-state index in [4.69, 9.17) is 28.9 Å². The highest BCUT2D eigenvalue weighted by molar-refractivity contribution is 6.39. The molecule has 88 valence electrons. The fraction of sp³-hybridized carbons (Fsp3) is 0.0769. The Morgan fingerprint density at radius 2 is 1.71 bits per heavy atom. The van der Waals surface area contributed by atoms with Crippen LogP contribution in [0.5, 0.6) is 0 Å². The van der Waals surface area contributed by atoms with Crippen molar-refractivity contribution in [2.45, 2.75) is 6.54 Å². The quantitative estimate of drug-likeness (QED) is 0.866. The fourth-order valence-electron chi connectivity index (χ4n) is 1.69. The van der Waals surface area contributed by atoms with E-state index in [1.165, 1.54) is 12.1 Å². The van der Waals surface area contributed by atoms with Crippen molar-refractivity contribution in [3.63, 3.8) is 0 Å². The van der Waals surface area contributed by atoms with Gasteiger partial charge in [0.05, 0.1) is 0 Å². The first-order chi connectivity index (χ1) is 8.11. The van der Waals surface area contributed by atoms with Crippen LogP contribution in [0.4, 0.5) is 4.39 Å². The molecule has 0 saturated heterocycles. The molecule has 2 aromatic rings. The van der Waals surface area contributed by atoms with E-state index in [9.17, 15) is 4.39 Å². The number of nitrogens with two attached hydrogens (primary N) is 1. The van der Waals surface area contributed by atoms with Crippen LogP contribution in [-0.4, -0.2) is 0 Å². The van der Waals surface area contributed by atoms with Gasteiger partial charge < -0.3 is 5.73 Å². The molecule has 0 aromatic heterocycles. The Hall–Kier alpha value is -1.09. The van der Waals surface area contributed by atoms with Gasteiger partial charge in [-0.05, 0) is 41.5 Å². The molecule has 0 spiro atoms. The van der Waals surface area contributed by atoms with Crippen molar-refractivity contribution < 1.29 is 4.39 Å². The summed E-state index contributed by atoms with van der Waals surface area (Å²) >= 11 is 12.1. The van der Waals surface area contributed by atoms with Crippen LogP contribution < -0.4 is 5.73 Å². The Labute approximate surface area is 109 Å². The van der Waals surface area contributed by atoms with Gasteiger partial charge in [0.15, 0.2) is 0 Å². The highest BCUT2D eigenvalue weighted by Crippen LogP contribution is 2.35. The molecule has 0 aliphatic rings. The molecule has 0 heterocycles. The van der Waals surface area contributed by atoms with E-state index in [2.05, 4.69) is 0 Å². The van der Waals surface area contributed by atoms with Crippen LogP contribution in [0.1, 0.15) is 5.56 Å². The summed E-state index contributed by atoms with van der Waals surface area (Å²) < 4.78 is 13.4. The minimum absolute atomic E-state index is 0.271. The second-order valence-electron chi connectivity index (χ2n) is 3.65. The van der Waals surface area contributed by atoms with Crippen LogP contribution in [0.3, 0.4) is 0 Å². The molecule has 17 heavy (non-hydrogen) atoms. The normalized spacial score (nSPS) is 10.6. The molecule has 2 aromatic carbocycles. The maximum Gasteiger partial charge on any atom is 0.124 e. The Kier molecular flexibility index (Phi) is 3.67. The number of rotatable bonds is 2. The summed E-state index contributed by atoms with van der Waals surface area (Å²) in [6, 6.07) is 9.76. The number of hydrogen-bond acceptors (Lipinski definition) is 1. The van der Waals surface area contributed by atoms with E-state index in [0.717, 1.165) is 0 Å². The van der Waals surface area contributed by atoms with Gasteiger partial charge in [-0.25, -0.2) is 4.39 Å². The average Bonchev–Trinajstić information content (AvgIpc) is 2.28. The van der Waals surface area contributed by atoms with Crippen molar-refractivity contribution >= 4 is 23.2 Å². The first-order valence-corrected chi connectivity index (χ1v) is 5.81. The van der Waals surface area contributed by atoms with E-state index in [-0.39, 0.29) is 12.4 Å². The number of benzene rings is 2. The Morgan fingerprint density at radius 1 is 1.06 bits per heavy atom. The fourth-order valence-corrected chi connectivity index (χ4v) is 2.30. The molecule has 1 nitrogen and oxygen atoms in total. The SMILES string of the molecule is NCc1cc(F)cc(-c2c(Cl)cccc2Cl)c1. The lowest BCUT2D eigenvalue weighted by molar-refractivity contribution is 0.626. The number of hydrogen-bond donors (Lipinski definition) is 1. The van der Waals surface area contributed by atoms with Gasteiger partial charge in [0.1, 0.15) is 5.82 Å². The lowest BCUT2D eigenvalue weighted by atomic mass is 10.0.